The molecule has 110 valence electrons. The number of hydrogen-bond donors (Lipinski definition) is 1. The minimum Gasteiger partial charge on any atom is -0.317 e. The molecule has 0 amide bonds. The highest BCUT2D eigenvalue weighted by molar-refractivity contribution is 7.86. The Balaban J connectivity index is 2.69. The molecule has 0 radical (unpaired) electrons. The van der Waals surface area contributed by atoms with E-state index in [0.29, 0.717) is 25.6 Å². The van der Waals surface area contributed by atoms with E-state index in [-0.39, 0.29) is 6.54 Å². The first-order valence-corrected chi connectivity index (χ1v) is 8.35. The fourth-order valence-electron chi connectivity index (χ4n) is 2.37. The highest BCUT2D eigenvalue weighted by Gasteiger charge is 2.32. The van der Waals surface area contributed by atoms with Gasteiger partial charge in [-0.2, -0.15) is 17.0 Å². The first kappa shape index (κ1) is 16.4. The van der Waals surface area contributed by atoms with Crippen LogP contribution in [0.4, 0.5) is 0 Å². The van der Waals surface area contributed by atoms with Crippen molar-refractivity contribution < 1.29 is 8.42 Å². The van der Waals surface area contributed by atoms with Gasteiger partial charge < -0.3 is 5.32 Å². The lowest BCUT2D eigenvalue weighted by atomic mass is 10.00. The molecule has 5 nitrogen and oxygen atoms in total. The molecule has 19 heavy (non-hydrogen) atoms. The molecule has 6 heteroatoms. The summed E-state index contributed by atoms with van der Waals surface area (Å²) in [4.78, 5) is 0. The van der Waals surface area contributed by atoms with E-state index in [1.165, 1.54) is 4.31 Å². The third-order valence-electron chi connectivity index (χ3n) is 3.44. The van der Waals surface area contributed by atoms with E-state index in [2.05, 4.69) is 18.2 Å². The van der Waals surface area contributed by atoms with Gasteiger partial charge in [-0.3, -0.25) is 0 Å². The number of nitrogens with zero attached hydrogens (tertiary/aromatic N) is 2. The minimum atomic E-state index is -3.40. The lowest BCUT2D eigenvalue weighted by molar-refractivity contribution is 0.246. The predicted octanol–water partition coefficient (Wildman–Crippen LogP) is 0.508. The smallest absolute Gasteiger partial charge is 0.282 e. The molecule has 1 aliphatic heterocycles. The maximum Gasteiger partial charge on any atom is 0.282 e. The maximum absolute atomic E-state index is 12.5. The Bertz CT molecular complexity index is 403. The SMILES string of the molecule is C#CCN(CC)S(=O)(=O)N1CCCC(CNCC)C1. The Kier molecular flexibility index (Phi) is 6.80. The lowest BCUT2D eigenvalue weighted by Crippen LogP contribution is -2.49. The van der Waals surface area contributed by atoms with E-state index in [1.54, 1.807) is 4.31 Å². The monoisotopic (exact) mass is 287 g/mol. The van der Waals surface area contributed by atoms with E-state index in [1.807, 2.05) is 6.92 Å². The van der Waals surface area contributed by atoms with E-state index in [0.717, 1.165) is 25.9 Å². The minimum absolute atomic E-state index is 0.146. The Labute approximate surface area is 117 Å². The molecule has 1 atom stereocenters. The van der Waals surface area contributed by atoms with Crippen molar-refractivity contribution in [3.63, 3.8) is 0 Å². The zero-order valence-electron chi connectivity index (χ0n) is 11.9. The Morgan fingerprint density at radius 3 is 2.79 bits per heavy atom. The fourth-order valence-corrected chi connectivity index (χ4v) is 4.02. The molecule has 0 aliphatic carbocycles. The average Bonchev–Trinajstić information content (AvgIpc) is 2.42. The topological polar surface area (TPSA) is 52.7 Å². The van der Waals surface area contributed by atoms with Gasteiger partial charge in [0.15, 0.2) is 0 Å². The molecular formula is C13H25N3O2S. The van der Waals surface area contributed by atoms with Gasteiger partial charge in [-0.25, -0.2) is 0 Å². The molecule has 0 spiro atoms. The maximum atomic E-state index is 12.5. The zero-order chi connectivity index (χ0) is 14.3. The van der Waals surface area contributed by atoms with Crippen LogP contribution in [0.3, 0.4) is 0 Å². The number of hydrogen-bond acceptors (Lipinski definition) is 3. The molecule has 0 aromatic rings. The van der Waals surface area contributed by atoms with Crippen LogP contribution in [0.5, 0.6) is 0 Å². The van der Waals surface area contributed by atoms with Gasteiger partial charge in [0.05, 0.1) is 6.54 Å². The van der Waals surface area contributed by atoms with Crippen LogP contribution in [0.15, 0.2) is 0 Å². The molecule has 0 saturated carbocycles. The van der Waals surface area contributed by atoms with Crippen molar-refractivity contribution in [1.29, 1.82) is 0 Å². The van der Waals surface area contributed by atoms with Gasteiger partial charge in [0.1, 0.15) is 0 Å². The molecule has 1 aliphatic rings. The summed E-state index contributed by atoms with van der Waals surface area (Å²) in [6.07, 6.45) is 7.24. The summed E-state index contributed by atoms with van der Waals surface area (Å²) in [7, 11) is -3.40. The van der Waals surface area contributed by atoms with E-state index < -0.39 is 10.2 Å². The van der Waals surface area contributed by atoms with Crippen LogP contribution in [0, 0.1) is 18.3 Å². The van der Waals surface area contributed by atoms with Gasteiger partial charge in [-0.1, -0.05) is 19.8 Å². The fraction of sp³-hybridized carbons (Fsp3) is 0.846. The average molecular weight is 287 g/mol. The highest BCUT2D eigenvalue weighted by Crippen LogP contribution is 2.20. The van der Waals surface area contributed by atoms with Crippen LogP contribution in [0.25, 0.3) is 0 Å². The summed E-state index contributed by atoms with van der Waals surface area (Å²) in [5.74, 6) is 2.81. The molecule has 1 saturated heterocycles. The van der Waals surface area contributed by atoms with Crippen molar-refractivity contribution in [2.75, 3.05) is 39.3 Å². The quantitative estimate of drug-likeness (QED) is 0.694. The third-order valence-corrected chi connectivity index (χ3v) is 5.46. The van der Waals surface area contributed by atoms with Crippen molar-refractivity contribution in [3.05, 3.63) is 0 Å². The molecule has 1 heterocycles. The van der Waals surface area contributed by atoms with Crippen LogP contribution in [-0.2, 0) is 10.2 Å². The molecule has 1 N–H and O–H groups in total. The second-order valence-electron chi connectivity index (χ2n) is 4.81. The number of rotatable bonds is 7. The number of terminal acetylenes is 1. The first-order valence-electron chi connectivity index (χ1n) is 6.95. The van der Waals surface area contributed by atoms with Crippen LogP contribution in [0.2, 0.25) is 0 Å². The molecule has 0 aromatic heterocycles. The van der Waals surface area contributed by atoms with Gasteiger partial charge >= 0.3 is 0 Å². The van der Waals surface area contributed by atoms with Gasteiger partial charge in [0.2, 0.25) is 0 Å². The zero-order valence-corrected chi connectivity index (χ0v) is 12.7. The van der Waals surface area contributed by atoms with E-state index >= 15 is 0 Å². The normalized spacial score (nSPS) is 21.5. The second-order valence-corrected chi connectivity index (χ2v) is 6.74. The van der Waals surface area contributed by atoms with Crippen molar-refractivity contribution in [3.8, 4) is 12.3 Å². The van der Waals surface area contributed by atoms with Crippen molar-refractivity contribution in [2.45, 2.75) is 26.7 Å². The van der Waals surface area contributed by atoms with Gasteiger partial charge in [-0.15, -0.1) is 6.42 Å². The summed E-state index contributed by atoms with van der Waals surface area (Å²) in [6, 6.07) is 0. The largest absolute Gasteiger partial charge is 0.317 e. The Morgan fingerprint density at radius 2 is 2.21 bits per heavy atom. The molecule has 1 unspecified atom stereocenters. The molecular weight excluding hydrogens is 262 g/mol. The lowest BCUT2D eigenvalue weighted by Gasteiger charge is -2.34. The van der Waals surface area contributed by atoms with E-state index in [4.69, 9.17) is 6.42 Å². The van der Waals surface area contributed by atoms with Crippen LogP contribution >= 0.6 is 0 Å². The molecule has 1 fully saturated rings. The van der Waals surface area contributed by atoms with E-state index in [9.17, 15) is 8.42 Å². The highest BCUT2D eigenvalue weighted by atomic mass is 32.2. The number of nitrogens with one attached hydrogen (secondary N) is 1. The van der Waals surface area contributed by atoms with Crippen molar-refractivity contribution in [1.82, 2.24) is 13.9 Å². The van der Waals surface area contributed by atoms with Crippen molar-refractivity contribution >= 4 is 10.2 Å². The van der Waals surface area contributed by atoms with Crippen molar-refractivity contribution in [2.24, 2.45) is 5.92 Å². The van der Waals surface area contributed by atoms with Crippen LogP contribution in [-0.4, -0.2) is 56.3 Å². The van der Waals surface area contributed by atoms with Gasteiger partial charge in [0, 0.05) is 19.6 Å². The van der Waals surface area contributed by atoms with Gasteiger partial charge in [0.25, 0.3) is 10.2 Å². The third kappa shape index (κ3) is 4.46. The molecule has 0 bridgehead atoms. The Hall–Kier alpha value is -0.610. The Morgan fingerprint density at radius 1 is 1.47 bits per heavy atom. The summed E-state index contributed by atoms with van der Waals surface area (Å²) in [6.45, 7) is 7.43. The van der Waals surface area contributed by atoms with Gasteiger partial charge in [-0.05, 0) is 31.8 Å². The summed E-state index contributed by atoms with van der Waals surface area (Å²) in [5.41, 5.74) is 0. The summed E-state index contributed by atoms with van der Waals surface area (Å²) in [5, 5.41) is 3.29. The molecule has 0 aromatic carbocycles. The number of piperidine rings is 1. The standard InChI is InChI=1S/C13H25N3O2S/c1-4-9-15(6-3)19(17,18)16-10-7-8-13(12-16)11-14-5-2/h1,13-14H,5-12H2,2-3H3. The second kappa shape index (κ2) is 7.85. The summed E-state index contributed by atoms with van der Waals surface area (Å²) >= 11 is 0. The molecule has 1 rings (SSSR count). The summed E-state index contributed by atoms with van der Waals surface area (Å²) < 4.78 is 27.9. The predicted molar refractivity (Wildman–Crippen MR) is 77.8 cm³/mol. The van der Waals surface area contributed by atoms with Crippen LogP contribution in [0.1, 0.15) is 26.7 Å². The van der Waals surface area contributed by atoms with Crippen LogP contribution < -0.4 is 5.32 Å². The first-order chi connectivity index (χ1) is 9.06.